The molecule has 1 saturated carbocycles. The summed E-state index contributed by atoms with van der Waals surface area (Å²) in [7, 11) is 0. The van der Waals surface area contributed by atoms with Gasteiger partial charge in [-0.1, -0.05) is 45.0 Å². The first-order valence-corrected chi connectivity index (χ1v) is 7.66. The predicted octanol–water partition coefficient (Wildman–Crippen LogP) is 4.27. The Labute approximate surface area is 126 Å². The molecule has 1 aromatic rings. The largest absolute Gasteiger partial charge is 0.475 e. The molecule has 1 aliphatic rings. The van der Waals surface area contributed by atoms with Gasteiger partial charge in [0.2, 0.25) is 0 Å². The number of carbonyl (C=O) groups excluding carboxylic acids is 1. The van der Waals surface area contributed by atoms with Crippen LogP contribution in [0.1, 0.15) is 68.3 Å². The lowest BCUT2D eigenvalue weighted by molar-refractivity contribution is -0.131. The fourth-order valence-electron chi connectivity index (χ4n) is 3.32. The van der Waals surface area contributed by atoms with Crippen LogP contribution in [0.2, 0.25) is 0 Å². The van der Waals surface area contributed by atoms with Crippen molar-refractivity contribution >= 4 is 11.8 Å². The monoisotopic (exact) mass is 288 g/mol. The average Bonchev–Trinajstić information content (AvgIpc) is 2.46. The molecule has 0 radical (unpaired) electrons. The van der Waals surface area contributed by atoms with E-state index < -0.39 is 11.8 Å². The molecule has 0 bridgehead atoms. The molecule has 0 amide bonds. The molecule has 0 heterocycles. The standard InChI is InChI=1S/C18H24O3/c1-18(2,3)15-10-8-13(9-11-15)12-4-6-14(7-5-12)16(19)17(20)21/h4-7,13,15H,8-11H2,1-3H3,(H,20,21). The number of carbonyl (C=O) groups is 2. The van der Waals surface area contributed by atoms with Gasteiger partial charge in [0.25, 0.3) is 5.78 Å². The summed E-state index contributed by atoms with van der Waals surface area (Å²) < 4.78 is 0. The molecule has 3 heteroatoms. The Hall–Kier alpha value is -1.64. The van der Waals surface area contributed by atoms with Crippen LogP contribution in [0.25, 0.3) is 0 Å². The lowest BCUT2D eigenvalue weighted by Gasteiger charge is -2.37. The lowest BCUT2D eigenvalue weighted by Crippen LogP contribution is -2.25. The molecule has 0 atom stereocenters. The van der Waals surface area contributed by atoms with Crippen molar-refractivity contribution in [2.24, 2.45) is 11.3 Å². The van der Waals surface area contributed by atoms with Gasteiger partial charge in [-0.05, 0) is 48.5 Å². The zero-order chi connectivity index (χ0) is 15.6. The van der Waals surface area contributed by atoms with E-state index in [4.69, 9.17) is 5.11 Å². The zero-order valence-corrected chi connectivity index (χ0v) is 13.1. The SMILES string of the molecule is CC(C)(C)C1CCC(c2ccc(C(=O)C(=O)O)cc2)CC1. The molecular formula is C18H24O3. The van der Waals surface area contributed by atoms with Crippen LogP contribution in [0.5, 0.6) is 0 Å². The first-order chi connectivity index (χ1) is 9.79. The topological polar surface area (TPSA) is 54.4 Å². The Bertz CT molecular complexity index is 514. The molecule has 0 saturated heterocycles. The van der Waals surface area contributed by atoms with Gasteiger partial charge in [-0.25, -0.2) is 4.79 Å². The maximum absolute atomic E-state index is 11.4. The van der Waals surface area contributed by atoms with E-state index in [0.717, 1.165) is 5.92 Å². The molecule has 2 rings (SSSR count). The highest BCUT2D eigenvalue weighted by Gasteiger charge is 2.30. The second-order valence-corrected chi connectivity index (χ2v) is 7.17. The number of hydrogen-bond acceptors (Lipinski definition) is 2. The van der Waals surface area contributed by atoms with E-state index in [1.54, 1.807) is 12.1 Å². The third kappa shape index (κ3) is 3.72. The van der Waals surface area contributed by atoms with Crippen molar-refractivity contribution in [3.8, 4) is 0 Å². The third-order valence-electron chi connectivity index (χ3n) is 4.79. The van der Waals surface area contributed by atoms with Crippen molar-refractivity contribution in [2.45, 2.75) is 52.4 Å². The Morgan fingerprint density at radius 1 is 1.00 bits per heavy atom. The van der Waals surface area contributed by atoms with E-state index in [-0.39, 0.29) is 5.56 Å². The van der Waals surface area contributed by atoms with Gasteiger partial charge in [0.15, 0.2) is 0 Å². The van der Waals surface area contributed by atoms with Gasteiger partial charge >= 0.3 is 5.97 Å². The first-order valence-electron chi connectivity index (χ1n) is 7.66. The molecule has 0 unspecified atom stereocenters. The summed E-state index contributed by atoms with van der Waals surface area (Å²) in [4.78, 5) is 22.1. The van der Waals surface area contributed by atoms with E-state index >= 15 is 0 Å². The highest BCUT2D eigenvalue weighted by Crippen LogP contribution is 2.43. The van der Waals surface area contributed by atoms with Gasteiger partial charge in [-0.15, -0.1) is 0 Å². The van der Waals surface area contributed by atoms with Gasteiger partial charge in [-0.2, -0.15) is 0 Å². The van der Waals surface area contributed by atoms with Crippen LogP contribution in [0.4, 0.5) is 0 Å². The van der Waals surface area contributed by atoms with Crippen LogP contribution in [-0.4, -0.2) is 16.9 Å². The normalized spacial score (nSPS) is 22.8. The van der Waals surface area contributed by atoms with Crippen LogP contribution in [-0.2, 0) is 4.79 Å². The number of Topliss-reactive ketones (excluding diaryl/α,β-unsaturated/α-hetero) is 1. The maximum atomic E-state index is 11.4. The van der Waals surface area contributed by atoms with Crippen molar-refractivity contribution in [3.05, 3.63) is 35.4 Å². The molecule has 21 heavy (non-hydrogen) atoms. The van der Waals surface area contributed by atoms with E-state index in [1.165, 1.54) is 31.2 Å². The minimum Gasteiger partial charge on any atom is -0.475 e. The summed E-state index contributed by atoms with van der Waals surface area (Å²) in [6, 6.07) is 7.11. The van der Waals surface area contributed by atoms with Crippen LogP contribution in [0.15, 0.2) is 24.3 Å². The molecule has 114 valence electrons. The summed E-state index contributed by atoms with van der Waals surface area (Å²) >= 11 is 0. The van der Waals surface area contributed by atoms with Crippen molar-refractivity contribution < 1.29 is 14.7 Å². The minimum absolute atomic E-state index is 0.259. The van der Waals surface area contributed by atoms with Crippen molar-refractivity contribution in [1.29, 1.82) is 0 Å². The Morgan fingerprint density at radius 3 is 1.95 bits per heavy atom. The Balaban J connectivity index is 2.01. The molecular weight excluding hydrogens is 264 g/mol. The van der Waals surface area contributed by atoms with Crippen molar-refractivity contribution in [3.63, 3.8) is 0 Å². The maximum Gasteiger partial charge on any atom is 0.377 e. The third-order valence-corrected chi connectivity index (χ3v) is 4.79. The van der Waals surface area contributed by atoms with Gasteiger partial charge in [0.05, 0.1) is 0 Å². The highest BCUT2D eigenvalue weighted by atomic mass is 16.4. The summed E-state index contributed by atoms with van der Waals surface area (Å²) in [6.45, 7) is 6.93. The van der Waals surface area contributed by atoms with Gasteiger partial charge in [-0.3, -0.25) is 4.79 Å². The number of carboxylic acids is 1. The molecule has 1 N–H and O–H groups in total. The lowest BCUT2D eigenvalue weighted by atomic mass is 9.68. The minimum atomic E-state index is -1.39. The van der Waals surface area contributed by atoms with Crippen molar-refractivity contribution in [1.82, 2.24) is 0 Å². The van der Waals surface area contributed by atoms with Crippen LogP contribution in [0, 0.1) is 11.3 Å². The second kappa shape index (κ2) is 6.00. The molecule has 0 aromatic heterocycles. The number of aliphatic carboxylic acids is 1. The molecule has 0 spiro atoms. The van der Waals surface area contributed by atoms with E-state index in [1.807, 2.05) is 12.1 Å². The number of carboxylic acid groups (broad SMARTS) is 1. The van der Waals surface area contributed by atoms with Gasteiger partial charge < -0.3 is 5.11 Å². The molecule has 1 aromatic carbocycles. The first kappa shape index (κ1) is 15.7. The summed E-state index contributed by atoms with van der Waals surface area (Å²) in [5.41, 5.74) is 1.86. The van der Waals surface area contributed by atoms with Crippen LogP contribution >= 0.6 is 0 Å². The molecule has 1 fully saturated rings. The fourth-order valence-corrected chi connectivity index (χ4v) is 3.32. The molecule has 1 aliphatic carbocycles. The fraction of sp³-hybridized carbons (Fsp3) is 0.556. The number of benzene rings is 1. The predicted molar refractivity (Wildman–Crippen MR) is 82.6 cm³/mol. The zero-order valence-electron chi connectivity index (χ0n) is 13.1. The number of hydrogen-bond donors (Lipinski definition) is 1. The van der Waals surface area contributed by atoms with E-state index in [0.29, 0.717) is 11.3 Å². The summed E-state index contributed by atoms with van der Waals surface area (Å²) in [6.07, 6.45) is 4.83. The van der Waals surface area contributed by atoms with Crippen LogP contribution < -0.4 is 0 Å². The molecule has 3 nitrogen and oxygen atoms in total. The summed E-state index contributed by atoms with van der Waals surface area (Å²) in [5, 5.41) is 8.71. The van der Waals surface area contributed by atoms with Gasteiger partial charge in [0, 0.05) is 5.56 Å². The highest BCUT2D eigenvalue weighted by molar-refractivity contribution is 6.39. The Kier molecular flexibility index (Phi) is 4.50. The Morgan fingerprint density at radius 2 is 1.52 bits per heavy atom. The quantitative estimate of drug-likeness (QED) is 0.667. The average molecular weight is 288 g/mol. The van der Waals surface area contributed by atoms with Gasteiger partial charge in [0.1, 0.15) is 0 Å². The smallest absolute Gasteiger partial charge is 0.377 e. The van der Waals surface area contributed by atoms with Crippen LogP contribution in [0.3, 0.4) is 0 Å². The van der Waals surface area contributed by atoms with E-state index in [9.17, 15) is 9.59 Å². The number of rotatable bonds is 3. The van der Waals surface area contributed by atoms with Crippen molar-refractivity contribution in [2.75, 3.05) is 0 Å². The second-order valence-electron chi connectivity index (χ2n) is 7.17. The summed E-state index contributed by atoms with van der Waals surface area (Å²) in [5.74, 6) is -0.911. The van der Waals surface area contributed by atoms with E-state index in [2.05, 4.69) is 20.8 Å². The molecule has 0 aliphatic heterocycles. The number of ketones is 1.